The van der Waals surface area contributed by atoms with E-state index in [9.17, 15) is 25.2 Å². The highest BCUT2D eigenvalue weighted by Gasteiger charge is 2.28. The molecule has 76 heavy (non-hydrogen) atoms. The Kier molecular flexibility index (Phi) is 64.5. The highest BCUT2D eigenvalue weighted by atomic mass is 16.3. The van der Waals surface area contributed by atoms with Crippen LogP contribution in [0.3, 0.4) is 0 Å². The van der Waals surface area contributed by atoms with Gasteiger partial charge in [0.15, 0.2) is 0 Å². The van der Waals surface area contributed by atoms with Crippen LogP contribution in [0.2, 0.25) is 0 Å². The van der Waals surface area contributed by atoms with Crippen molar-refractivity contribution in [2.24, 2.45) is 0 Å². The number of amides is 1. The van der Waals surface area contributed by atoms with Crippen LogP contribution in [-0.4, -0.2) is 57.3 Å². The number of carbonyl (C=O) groups excluding carboxylic acids is 1. The third kappa shape index (κ3) is 58.0. The largest absolute Gasteiger partial charge is 0.394 e. The van der Waals surface area contributed by atoms with Crippen LogP contribution in [0, 0.1) is 0 Å². The molecule has 0 saturated carbocycles. The predicted molar refractivity (Wildman–Crippen MR) is 335 cm³/mol. The minimum absolute atomic E-state index is 0.377. The normalized spacial score (nSPS) is 13.4. The first-order valence-electron chi connectivity index (χ1n) is 35.4. The van der Waals surface area contributed by atoms with Crippen molar-refractivity contribution in [1.82, 2.24) is 5.32 Å². The van der Waals surface area contributed by atoms with Gasteiger partial charge in [-0.05, 0) is 12.8 Å². The molecule has 1 amide bonds. The van der Waals surface area contributed by atoms with E-state index in [2.05, 4.69) is 19.2 Å². The van der Waals surface area contributed by atoms with Crippen molar-refractivity contribution in [3.05, 3.63) is 0 Å². The quantitative estimate of drug-likeness (QED) is 0.0390. The highest BCUT2D eigenvalue weighted by Crippen LogP contribution is 2.20. The Bertz CT molecular complexity index is 1070. The van der Waals surface area contributed by atoms with Crippen molar-refractivity contribution in [3.8, 4) is 0 Å². The molecule has 0 rings (SSSR count). The molecule has 0 radical (unpaired) electrons. The lowest BCUT2D eigenvalue weighted by Gasteiger charge is -2.27. The second-order valence-corrected chi connectivity index (χ2v) is 25.0. The molecule has 0 aromatic rings. The summed E-state index contributed by atoms with van der Waals surface area (Å²) in [5.41, 5.74) is 0. The molecule has 0 aliphatic carbocycles. The number of aliphatic hydroxyl groups excluding tert-OH is 4. The summed E-state index contributed by atoms with van der Waals surface area (Å²) in [7, 11) is 0. The van der Waals surface area contributed by atoms with Gasteiger partial charge in [-0.15, -0.1) is 0 Å². The molecule has 0 spiro atoms. The van der Waals surface area contributed by atoms with Crippen LogP contribution in [0.1, 0.15) is 412 Å². The molecule has 6 heteroatoms. The predicted octanol–water partition coefficient (Wildman–Crippen LogP) is 21.8. The zero-order valence-electron chi connectivity index (χ0n) is 52.1. The molecule has 0 bridgehead atoms. The number of rotatable bonds is 67. The number of aliphatic hydroxyl groups is 4. The summed E-state index contributed by atoms with van der Waals surface area (Å²) in [4.78, 5) is 12.7. The standard InChI is InChI=1S/C70H141NO5/c1-3-5-7-9-11-13-15-17-19-21-23-25-27-29-31-33-34-35-36-38-40-42-44-46-48-50-52-54-56-58-60-62-64-68(74)70(76)71-66(65-72)69(75)67(73)63-61-59-57-55-53-51-49-47-45-43-41-39-37-32-30-28-26-24-22-20-18-16-14-12-10-8-6-4-2/h66-69,72-75H,3-65H2,1-2H3,(H,71,76). The molecule has 0 fully saturated rings. The number of unbranched alkanes of at least 4 members (excludes halogenated alkanes) is 58. The molecule has 0 heterocycles. The van der Waals surface area contributed by atoms with Gasteiger partial charge in [0.05, 0.1) is 18.8 Å². The Labute approximate surface area is 477 Å². The summed E-state index contributed by atoms with van der Waals surface area (Å²) in [6.07, 6.45) is 79.5. The first-order valence-corrected chi connectivity index (χ1v) is 35.4. The first kappa shape index (κ1) is 75.3. The SMILES string of the molecule is CCCCCCCCCCCCCCCCCCCCCCCCCCCCCCCCCCC(O)C(=O)NC(CO)C(O)C(O)CCCCCCCCCCCCCCCCCCCCCCCCCCCCCC. The minimum atomic E-state index is -1.26. The van der Waals surface area contributed by atoms with E-state index in [1.807, 2.05) is 0 Å². The van der Waals surface area contributed by atoms with E-state index in [0.717, 1.165) is 38.5 Å². The van der Waals surface area contributed by atoms with Crippen LogP contribution in [0.4, 0.5) is 0 Å². The molecule has 6 nitrogen and oxygen atoms in total. The second-order valence-electron chi connectivity index (χ2n) is 25.0. The summed E-state index contributed by atoms with van der Waals surface area (Å²) in [6, 6.07) is -0.982. The number of hydrogen-bond acceptors (Lipinski definition) is 5. The highest BCUT2D eigenvalue weighted by molar-refractivity contribution is 5.80. The summed E-state index contributed by atoms with van der Waals surface area (Å²) in [6.45, 7) is 4.12. The zero-order valence-corrected chi connectivity index (χ0v) is 52.1. The van der Waals surface area contributed by atoms with Crippen molar-refractivity contribution < 1.29 is 25.2 Å². The van der Waals surface area contributed by atoms with Gasteiger partial charge in [-0.3, -0.25) is 4.79 Å². The molecule has 5 N–H and O–H groups in total. The van der Waals surface area contributed by atoms with Crippen molar-refractivity contribution in [1.29, 1.82) is 0 Å². The van der Waals surface area contributed by atoms with E-state index in [4.69, 9.17) is 0 Å². The molecule has 456 valence electrons. The van der Waals surface area contributed by atoms with Gasteiger partial charge in [-0.1, -0.05) is 399 Å². The van der Waals surface area contributed by atoms with E-state index >= 15 is 0 Å². The van der Waals surface area contributed by atoms with Crippen LogP contribution in [0.5, 0.6) is 0 Å². The van der Waals surface area contributed by atoms with Crippen molar-refractivity contribution >= 4 is 5.91 Å². The monoisotopic (exact) mass is 1080 g/mol. The fraction of sp³-hybridized carbons (Fsp3) is 0.986. The van der Waals surface area contributed by atoms with Crippen LogP contribution >= 0.6 is 0 Å². The fourth-order valence-corrected chi connectivity index (χ4v) is 11.8. The number of hydrogen-bond donors (Lipinski definition) is 5. The van der Waals surface area contributed by atoms with Crippen LogP contribution < -0.4 is 5.32 Å². The topological polar surface area (TPSA) is 110 Å². The Morgan fingerprint density at radius 2 is 0.447 bits per heavy atom. The molecule has 4 unspecified atom stereocenters. The van der Waals surface area contributed by atoms with Gasteiger partial charge in [0, 0.05) is 0 Å². The maximum atomic E-state index is 12.7. The Morgan fingerprint density at radius 1 is 0.276 bits per heavy atom. The van der Waals surface area contributed by atoms with E-state index in [1.165, 1.54) is 347 Å². The number of nitrogens with one attached hydrogen (secondary N) is 1. The maximum absolute atomic E-state index is 12.7. The second kappa shape index (κ2) is 65.1. The molecule has 0 aromatic carbocycles. The summed E-state index contributed by atoms with van der Waals surface area (Å²) >= 11 is 0. The van der Waals surface area contributed by atoms with Gasteiger partial charge in [0.1, 0.15) is 12.2 Å². The summed E-state index contributed by atoms with van der Waals surface area (Å²) in [5, 5.41) is 44.3. The van der Waals surface area contributed by atoms with E-state index in [1.54, 1.807) is 0 Å². The summed E-state index contributed by atoms with van der Waals surface area (Å²) < 4.78 is 0. The average molecular weight is 1080 g/mol. The lowest BCUT2D eigenvalue weighted by Crippen LogP contribution is -2.53. The Balaban J connectivity index is 3.50. The van der Waals surface area contributed by atoms with Crippen LogP contribution in [-0.2, 0) is 4.79 Å². The van der Waals surface area contributed by atoms with Gasteiger partial charge in [0.25, 0.3) is 0 Å². The van der Waals surface area contributed by atoms with Gasteiger partial charge in [-0.2, -0.15) is 0 Å². The smallest absolute Gasteiger partial charge is 0.249 e. The lowest BCUT2D eigenvalue weighted by atomic mass is 9.99. The summed E-state index contributed by atoms with van der Waals surface area (Å²) in [5.74, 6) is -0.573. The maximum Gasteiger partial charge on any atom is 0.249 e. The lowest BCUT2D eigenvalue weighted by molar-refractivity contribution is -0.132. The third-order valence-corrected chi connectivity index (χ3v) is 17.3. The van der Waals surface area contributed by atoms with Gasteiger partial charge in [-0.25, -0.2) is 0 Å². The van der Waals surface area contributed by atoms with Gasteiger partial charge in [0.2, 0.25) is 5.91 Å². The van der Waals surface area contributed by atoms with E-state index in [0.29, 0.717) is 12.8 Å². The van der Waals surface area contributed by atoms with Crippen molar-refractivity contribution in [3.63, 3.8) is 0 Å². The number of carbonyl (C=O) groups is 1. The van der Waals surface area contributed by atoms with E-state index < -0.39 is 36.9 Å². The minimum Gasteiger partial charge on any atom is -0.394 e. The van der Waals surface area contributed by atoms with Crippen LogP contribution in [0.15, 0.2) is 0 Å². The van der Waals surface area contributed by atoms with Gasteiger partial charge >= 0.3 is 0 Å². The Hall–Kier alpha value is -0.690. The molecule has 4 atom stereocenters. The van der Waals surface area contributed by atoms with Crippen molar-refractivity contribution in [2.75, 3.05) is 6.61 Å². The van der Waals surface area contributed by atoms with Crippen LogP contribution in [0.25, 0.3) is 0 Å². The fourth-order valence-electron chi connectivity index (χ4n) is 11.8. The van der Waals surface area contributed by atoms with Crippen molar-refractivity contribution in [2.45, 2.75) is 436 Å². The third-order valence-electron chi connectivity index (χ3n) is 17.3. The van der Waals surface area contributed by atoms with Gasteiger partial charge < -0.3 is 25.7 Å². The molecule has 0 aliphatic heterocycles. The molecular formula is C70H141NO5. The zero-order chi connectivity index (χ0) is 55.1. The Morgan fingerprint density at radius 3 is 0.632 bits per heavy atom. The molecular weight excluding hydrogens is 935 g/mol. The van der Waals surface area contributed by atoms with E-state index in [-0.39, 0.29) is 0 Å². The molecule has 0 saturated heterocycles. The first-order chi connectivity index (χ1) is 37.5. The molecule has 0 aliphatic rings. The molecule has 0 aromatic heterocycles. The average Bonchev–Trinajstić information content (AvgIpc) is 3.42.